The predicted molar refractivity (Wildman–Crippen MR) is 88.3 cm³/mol. The molecule has 2 N–H and O–H groups in total. The molecule has 0 aromatic heterocycles. The van der Waals surface area contributed by atoms with Gasteiger partial charge in [0.05, 0.1) is 17.9 Å². The topological polar surface area (TPSA) is 84.5 Å². The van der Waals surface area contributed by atoms with Crippen LogP contribution in [0.25, 0.3) is 0 Å². The van der Waals surface area contributed by atoms with Crippen LogP contribution in [0.4, 0.5) is 0 Å². The molecular weight excluding hydrogens is 316 g/mol. The van der Waals surface area contributed by atoms with E-state index < -0.39 is 9.84 Å². The lowest BCUT2D eigenvalue weighted by Gasteiger charge is -2.22. The molecule has 0 radical (unpaired) electrons. The van der Waals surface area contributed by atoms with Crippen LogP contribution >= 0.6 is 0 Å². The van der Waals surface area contributed by atoms with Crippen molar-refractivity contribution in [1.29, 1.82) is 0 Å². The van der Waals surface area contributed by atoms with E-state index in [4.69, 9.17) is 4.74 Å². The summed E-state index contributed by atoms with van der Waals surface area (Å²) in [5.74, 6) is 1.04. The van der Waals surface area contributed by atoms with Gasteiger partial charge in [0.1, 0.15) is 5.75 Å². The van der Waals surface area contributed by atoms with Crippen molar-refractivity contribution in [2.24, 2.45) is 5.92 Å². The van der Waals surface area contributed by atoms with Gasteiger partial charge >= 0.3 is 0 Å². The zero-order valence-electron chi connectivity index (χ0n) is 13.4. The first-order valence-electron chi connectivity index (χ1n) is 7.85. The predicted octanol–water partition coefficient (Wildman–Crippen LogP) is 0.975. The molecule has 23 heavy (non-hydrogen) atoms. The lowest BCUT2D eigenvalue weighted by molar-refractivity contribution is -0.121. The first kappa shape index (κ1) is 17.7. The van der Waals surface area contributed by atoms with Crippen LogP contribution in [0.5, 0.6) is 5.75 Å². The molecule has 2 rings (SSSR count). The van der Waals surface area contributed by atoms with Crippen molar-refractivity contribution in [3.8, 4) is 5.75 Å². The van der Waals surface area contributed by atoms with Crippen molar-refractivity contribution in [1.82, 2.24) is 10.6 Å². The highest BCUT2D eigenvalue weighted by atomic mass is 32.2. The van der Waals surface area contributed by atoms with Crippen LogP contribution in [0, 0.1) is 5.92 Å². The number of benzene rings is 1. The smallest absolute Gasteiger partial charge is 0.223 e. The van der Waals surface area contributed by atoms with E-state index in [1.54, 1.807) is 12.1 Å². The molecule has 0 aliphatic carbocycles. The monoisotopic (exact) mass is 340 g/mol. The second-order valence-electron chi connectivity index (χ2n) is 5.86. The highest BCUT2D eigenvalue weighted by molar-refractivity contribution is 7.90. The van der Waals surface area contributed by atoms with E-state index in [1.165, 1.54) is 12.1 Å². The summed E-state index contributed by atoms with van der Waals surface area (Å²) in [6, 6.07) is 6.20. The van der Waals surface area contributed by atoms with Crippen LogP contribution in [0.3, 0.4) is 0 Å². The zero-order valence-corrected chi connectivity index (χ0v) is 14.2. The second-order valence-corrected chi connectivity index (χ2v) is 7.87. The van der Waals surface area contributed by atoms with Gasteiger partial charge in [-0.3, -0.25) is 4.79 Å². The summed E-state index contributed by atoms with van der Waals surface area (Å²) in [5.41, 5.74) is 0. The number of ether oxygens (including phenoxy) is 1. The van der Waals surface area contributed by atoms with Crippen molar-refractivity contribution in [2.75, 3.05) is 32.5 Å². The average Bonchev–Trinajstić information content (AvgIpc) is 2.53. The molecule has 1 heterocycles. The largest absolute Gasteiger partial charge is 0.493 e. The molecule has 0 saturated carbocycles. The Morgan fingerprint density at radius 3 is 2.70 bits per heavy atom. The maximum atomic E-state index is 11.8. The Kier molecular flexibility index (Phi) is 6.41. The third kappa shape index (κ3) is 6.19. The molecule has 1 aliphatic rings. The fourth-order valence-electron chi connectivity index (χ4n) is 2.49. The molecule has 1 aromatic rings. The van der Waals surface area contributed by atoms with Crippen LogP contribution < -0.4 is 15.4 Å². The molecule has 1 fully saturated rings. The molecule has 1 saturated heterocycles. The van der Waals surface area contributed by atoms with Crippen molar-refractivity contribution in [3.05, 3.63) is 24.3 Å². The van der Waals surface area contributed by atoms with E-state index in [1.807, 2.05) is 0 Å². The van der Waals surface area contributed by atoms with E-state index in [0.717, 1.165) is 32.2 Å². The number of amides is 1. The number of hydrogen-bond donors (Lipinski definition) is 2. The van der Waals surface area contributed by atoms with Crippen LogP contribution in [-0.2, 0) is 14.6 Å². The number of nitrogens with one attached hydrogen (secondary N) is 2. The van der Waals surface area contributed by atoms with Gasteiger partial charge in [0.25, 0.3) is 0 Å². The third-order valence-electron chi connectivity index (χ3n) is 3.84. The maximum Gasteiger partial charge on any atom is 0.223 e. The molecule has 0 spiro atoms. The van der Waals surface area contributed by atoms with E-state index in [9.17, 15) is 13.2 Å². The maximum absolute atomic E-state index is 11.8. The molecule has 128 valence electrons. The number of carbonyl (C=O) groups excluding carboxylic acids is 1. The van der Waals surface area contributed by atoms with Crippen molar-refractivity contribution in [3.63, 3.8) is 0 Å². The van der Waals surface area contributed by atoms with Crippen LogP contribution in [0.2, 0.25) is 0 Å². The number of carbonyl (C=O) groups is 1. The quantitative estimate of drug-likeness (QED) is 0.773. The van der Waals surface area contributed by atoms with Crippen LogP contribution in [-0.4, -0.2) is 46.8 Å². The molecule has 1 aromatic carbocycles. The molecule has 1 amide bonds. The Morgan fingerprint density at radius 2 is 2.09 bits per heavy atom. The van der Waals surface area contributed by atoms with Gasteiger partial charge in [-0.15, -0.1) is 0 Å². The molecule has 1 unspecified atom stereocenters. The van der Waals surface area contributed by atoms with E-state index >= 15 is 0 Å². The van der Waals surface area contributed by atoms with Crippen molar-refractivity contribution in [2.45, 2.75) is 24.2 Å². The average molecular weight is 340 g/mol. The Morgan fingerprint density at radius 1 is 1.35 bits per heavy atom. The number of piperidine rings is 1. The van der Waals surface area contributed by atoms with Gasteiger partial charge in [-0.1, -0.05) is 0 Å². The summed E-state index contributed by atoms with van der Waals surface area (Å²) in [6.07, 6.45) is 3.76. The third-order valence-corrected chi connectivity index (χ3v) is 4.97. The minimum absolute atomic E-state index is 0.0247. The normalized spacial score (nSPS) is 18.4. The second kappa shape index (κ2) is 8.31. The van der Waals surface area contributed by atoms with Gasteiger partial charge < -0.3 is 15.4 Å². The Bertz CT molecular complexity index is 607. The fourth-order valence-corrected chi connectivity index (χ4v) is 3.12. The van der Waals surface area contributed by atoms with Gasteiger partial charge in [-0.05, 0) is 56.1 Å². The van der Waals surface area contributed by atoms with E-state index in [-0.39, 0.29) is 23.8 Å². The zero-order chi connectivity index (χ0) is 16.7. The first-order valence-corrected chi connectivity index (χ1v) is 9.74. The van der Waals surface area contributed by atoms with Crippen LogP contribution in [0.15, 0.2) is 29.2 Å². The van der Waals surface area contributed by atoms with Crippen molar-refractivity contribution >= 4 is 15.7 Å². The highest BCUT2D eigenvalue weighted by Crippen LogP contribution is 2.16. The molecule has 7 heteroatoms. The fraction of sp³-hybridized carbons (Fsp3) is 0.562. The minimum atomic E-state index is -3.20. The van der Waals surface area contributed by atoms with E-state index in [0.29, 0.717) is 18.2 Å². The summed E-state index contributed by atoms with van der Waals surface area (Å²) < 4.78 is 28.2. The first-order chi connectivity index (χ1) is 10.9. The molecular formula is C16H24N2O4S. The van der Waals surface area contributed by atoms with Gasteiger partial charge in [-0.2, -0.15) is 0 Å². The van der Waals surface area contributed by atoms with Gasteiger partial charge in [0.2, 0.25) is 5.91 Å². The van der Waals surface area contributed by atoms with Gasteiger partial charge in [0, 0.05) is 12.8 Å². The lowest BCUT2D eigenvalue weighted by Crippen LogP contribution is -2.38. The van der Waals surface area contributed by atoms with Gasteiger partial charge in [-0.25, -0.2) is 8.42 Å². The Balaban J connectivity index is 1.66. The molecule has 6 nitrogen and oxygen atoms in total. The molecule has 1 atom stereocenters. The highest BCUT2D eigenvalue weighted by Gasteiger charge is 2.13. The minimum Gasteiger partial charge on any atom is -0.493 e. The summed E-state index contributed by atoms with van der Waals surface area (Å²) in [7, 11) is -3.20. The number of sulfone groups is 1. The standard InChI is InChI=1S/C16H24N2O4S/c1-23(20,21)15-6-4-14(5-7-15)22-10-8-16(19)18-12-13-3-2-9-17-11-13/h4-7,13,17H,2-3,8-12H2,1H3,(H,18,19). The van der Waals surface area contributed by atoms with Gasteiger partial charge in [0.15, 0.2) is 9.84 Å². The number of hydrogen-bond acceptors (Lipinski definition) is 5. The van der Waals surface area contributed by atoms with Crippen LogP contribution in [0.1, 0.15) is 19.3 Å². The summed E-state index contributed by atoms with van der Waals surface area (Å²) in [4.78, 5) is 12.0. The van der Waals surface area contributed by atoms with E-state index in [2.05, 4.69) is 10.6 Å². The SMILES string of the molecule is CS(=O)(=O)c1ccc(OCCC(=O)NCC2CCCNC2)cc1. The Hall–Kier alpha value is -1.60. The summed E-state index contributed by atoms with van der Waals surface area (Å²) >= 11 is 0. The summed E-state index contributed by atoms with van der Waals surface area (Å²) in [5, 5.41) is 6.25. The number of rotatable bonds is 7. The summed E-state index contributed by atoms with van der Waals surface area (Å²) in [6.45, 7) is 3.00. The molecule has 1 aliphatic heterocycles. The lowest BCUT2D eigenvalue weighted by atomic mass is 10.00. The van der Waals surface area contributed by atoms with Crippen molar-refractivity contribution < 1.29 is 17.9 Å². The Labute approximate surface area is 137 Å². The molecule has 0 bridgehead atoms.